The summed E-state index contributed by atoms with van der Waals surface area (Å²) in [7, 11) is 0. The molecule has 1 heterocycles. The highest BCUT2D eigenvalue weighted by Crippen LogP contribution is 2.32. The quantitative estimate of drug-likeness (QED) is 0.772. The van der Waals surface area contributed by atoms with Gasteiger partial charge < -0.3 is 0 Å². The van der Waals surface area contributed by atoms with Gasteiger partial charge in [-0.1, -0.05) is 74.5 Å². The highest BCUT2D eigenvalue weighted by Gasteiger charge is 2.34. The van der Waals surface area contributed by atoms with Gasteiger partial charge in [-0.05, 0) is 30.9 Å². The molecule has 1 aliphatic heterocycles. The summed E-state index contributed by atoms with van der Waals surface area (Å²) >= 11 is 0. The third-order valence-corrected chi connectivity index (χ3v) is 5.52. The summed E-state index contributed by atoms with van der Waals surface area (Å²) in [5, 5.41) is 0. The molecule has 1 atom stereocenters. The maximum atomic E-state index is 2.69. The summed E-state index contributed by atoms with van der Waals surface area (Å²) in [6, 6.07) is 23.5. The molecule has 1 fully saturated rings. The minimum atomic E-state index is 0.345. The molecule has 134 valence electrons. The lowest BCUT2D eigenvalue weighted by atomic mass is 9.92. The second kappa shape index (κ2) is 8.16. The van der Waals surface area contributed by atoms with Crippen molar-refractivity contribution in [3.63, 3.8) is 0 Å². The average Bonchev–Trinajstić information content (AvgIpc) is 2.63. The summed E-state index contributed by atoms with van der Waals surface area (Å²) in [6.45, 7) is 12.8. The van der Waals surface area contributed by atoms with Crippen molar-refractivity contribution in [3.05, 3.63) is 71.8 Å². The molecule has 0 bridgehead atoms. The van der Waals surface area contributed by atoms with E-state index < -0.39 is 0 Å². The van der Waals surface area contributed by atoms with E-state index in [1.165, 1.54) is 11.1 Å². The Morgan fingerprint density at radius 3 is 1.72 bits per heavy atom. The van der Waals surface area contributed by atoms with E-state index in [0.29, 0.717) is 24.0 Å². The van der Waals surface area contributed by atoms with Crippen molar-refractivity contribution in [2.75, 3.05) is 19.6 Å². The van der Waals surface area contributed by atoms with Crippen LogP contribution in [0.25, 0.3) is 0 Å². The summed E-state index contributed by atoms with van der Waals surface area (Å²) in [5.41, 5.74) is 2.79. The smallest absolute Gasteiger partial charge is 0.0602 e. The Hall–Kier alpha value is -1.64. The zero-order chi connectivity index (χ0) is 17.8. The monoisotopic (exact) mass is 336 g/mol. The number of hydrogen-bond donors (Lipinski definition) is 0. The van der Waals surface area contributed by atoms with Gasteiger partial charge in [0.2, 0.25) is 0 Å². The molecule has 2 heteroatoms. The van der Waals surface area contributed by atoms with Gasteiger partial charge in [-0.15, -0.1) is 0 Å². The zero-order valence-electron chi connectivity index (χ0n) is 16.1. The summed E-state index contributed by atoms with van der Waals surface area (Å²) in [6.07, 6.45) is 0. The maximum absolute atomic E-state index is 2.69. The van der Waals surface area contributed by atoms with Crippen molar-refractivity contribution in [2.24, 2.45) is 5.92 Å². The molecule has 2 aromatic carbocycles. The predicted octanol–water partition coefficient (Wildman–Crippen LogP) is 4.83. The van der Waals surface area contributed by atoms with Gasteiger partial charge in [0.25, 0.3) is 0 Å². The summed E-state index contributed by atoms with van der Waals surface area (Å²) < 4.78 is 0. The van der Waals surface area contributed by atoms with Gasteiger partial charge in [0.15, 0.2) is 0 Å². The van der Waals surface area contributed by atoms with Crippen molar-refractivity contribution in [3.8, 4) is 0 Å². The molecule has 0 unspecified atom stereocenters. The molecule has 0 aromatic heterocycles. The third-order valence-electron chi connectivity index (χ3n) is 5.52. The first-order chi connectivity index (χ1) is 12.1. The molecule has 1 aliphatic rings. The largest absolute Gasteiger partial charge is 0.295 e. The molecular weight excluding hydrogens is 304 g/mol. The first-order valence-electron chi connectivity index (χ1n) is 9.67. The Bertz CT molecular complexity index is 596. The number of benzene rings is 2. The Kier molecular flexibility index (Phi) is 5.93. The van der Waals surface area contributed by atoms with E-state index in [9.17, 15) is 0 Å². The Morgan fingerprint density at radius 1 is 0.760 bits per heavy atom. The summed E-state index contributed by atoms with van der Waals surface area (Å²) in [4.78, 5) is 5.38. The zero-order valence-corrected chi connectivity index (χ0v) is 16.1. The summed E-state index contributed by atoms with van der Waals surface area (Å²) in [5.74, 6) is 0.664. The number of piperazine rings is 1. The molecule has 0 saturated carbocycles. The standard InChI is InChI=1S/C23H32N2/c1-18(2)22-17-24(15-16-25(22)19(3)4)23(20-11-7-5-8-12-20)21-13-9-6-10-14-21/h5-14,18-19,22-23H,15-17H2,1-4H3/t22-/m1/s1. The van der Waals surface area contributed by atoms with Crippen LogP contribution in [-0.4, -0.2) is 41.5 Å². The molecule has 0 N–H and O–H groups in total. The predicted molar refractivity (Wildman–Crippen MR) is 107 cm³/mol. The first-order valence-corrected chi connectivity index (χ1v) is 9.67. The lowest BCUT2D eigenvalue weighted by molar-refractivity contribution is 0.0158. The van der Waals surface area contributed by atoms with E-state index in [0.717, 1.165) is 19.6 Å². The van der Waals surface area contributed by atoms with Crippen molar-refractivity contribution < 1.29 is 0 Å². The van der Waals surface area contributed by atoms with Gasteiger partial charge in [0.05, 0.1) is 6.04 Å². The van der Waals surface area contributed by atoms with Crippen LogP contribution >= 0.6 is 0 Å². The van der Waals surface area contributed by atoms with Crippen LogP contribution in [0.15, 0.2) is 60.7 Å². The molecule has 0 spiro atoms. The van der Waals surface area contributed by atoms with Crippen molar-refractivity contribution in [2.45, 2.75) is 45.8 Å². The van der Waals surface area contributed by atoms with Crippen LogP contribution in [0, 0.1) is 5.92 Å². The topological polar surface area (TPSA) is 6.48 Å². The molecule has 2 nitrogen and oxygen atoms in total. The van der Waals surface area contributed by atoms with E-state index in [1.54, 1.807) is 0 Å². The average molecular weight is 337 g/mol. The molecule has 0 aliphatic carbocycles. The van der Waals surface area contributed by atoms with Gasteiger partial charge in [-0.2, -0.15) is 0 Å². The molecular formula is C23H32N2. The van der Waals surface area contributed by atoms with Crippen LogP contribution in [0.3, 0.4) is 0 Å². The van der Waals surface area contributed by atoms with E-state index in [4.69, 9.17) is 0 Å². The second-order valence-electron chi connectivity index (χ2n) is 7.86. The molecule has 25 heavy (non-hydrogen) atoms. The van der Waals surface area contributed by atoms with E-state index >= 15 is 0 Å². The lowest BCUT2D eigenvalue weighted by Crippen LogP contribution is -2.57. The maximum Gasteiger partial charge on any atom is 0.0602 e. The fourth-order valence-corrected chi connectivity index (χ4v) is 4.20. The van der Waals surface area contributed by atoms with E-state index in [-0.39, 0.29) is 0 Å². The van der Waals surface area contributed by atoms with Gasteiger partial charge in [0, 0.05) is 31.7 Å². The molecule has 3 rings (SSSR count). The fraction of sp³-hybridized carbons (Fsp3) is 0.478. The Labute approximate surface area is 153 Å². The van der Waals surface area contributed by atoms with Crippen LogP contribution in [0.5, 0.6) is 0 Å². The normalized spacial score (nSPS) is 19.9. The number of rotatable bonds is 5. The minimum Gasteiger partial charge on any atom is -0.295 e. The van der Waals surface area contributed by atoms with E-state index in [2.05, 4.69) is 98.2 Å². The van der Waals surface area contributed by atoms with Crippen LogP contribution in [0.2, 0.25) is 0 Å². The van der Waals surface area contributed by atoms with Crippen LogP contribution in [0.4, 0.5) is 0 Å². The molecule has 0 radical (unpaired) electrons. The number of hydrogen-bond acceptors (Lipinski definition) is 2. The van der Waals surface area contributed by atoms with Crippen molar-refractivity contribution in [1.82, 2.24) is 9.80 Å². The number of nitrogens with zero attached hydrogens (tertiary/aromatic N) is 2. The van der Waals surface area contributed by atoms with Gasteiger partial charge in [-0.25, -0.2) is 0 Å². The van der Waals surface area contributed by atoms with Gasteiger partial charge in [-0.3, -0.25) is 9.80 Å². The van der Waals surface area contributed by atoms with Crippen LogP contribution in [0.1, 0.15) is 44.9 Å². The fourth-order valence-electron chi connectivity index (χ4n) is 4.20. The highest BCUT2D eigenvalue weighted by molar-refractivity contribution is 5.32. The van der Waals surface area contributed by atoms with Crippen LogP contribution in [-0.2, 0) is 0 Å². The Balaban J connectivity index is 1.92. The van der Waals surface area contributed by atoms with Gasteiger partial charge >= 0.3 is 0 Å². The molecule has 2 aromatic rings. The van der Waals surface area contributed by atoms with E-state index in [1.807, 2.05) is 0 Å². The van der Waals surface area contributed by atoms with Crippen molar-refractivity contribution in [1.29, 1.82) is 0 Å². The third kappa shape index (κ3) is 4.13. The van der Waals surface area contributed by atoms with Crippen LogP contribution < -0.4 is 0 Å². The lowest BCUT2D eigenvalue weighted by Gasteiger charge is -2.48. The second-order valence-corrected chi connectivity index (χ2v) is 7.86. The van der Waals surface area contributed by atoms with Gasteiger partial charge in [0.1, 0.15) is 0 Å². The first kappa shape index (κ1) is 18.2. The molecule has 1 saturated heterocycles. The Morgan fingerprint density at radius 2 is 1.28 bits per heavy atom. The minimum absolute atomic E-state index is 0.345. The SMILES string of the molecule is CC(C)[C@H]1CN(C(c2ccccc2)c2ccccc2)CCN1C(C)C. The van der Waals surface area contributed by atoms with Crippen molar-refractivity contribution >= 4 is 0 Å². The highest BCUT2D eigenvalue weighted by atomic mass is 15.3. The molecule has 0 amide bonds.